The zero-order chi connectivity index (χ0) is 17.5. The predicted octanol–water partition coefficient (Wildman–Crippen LogP) is 1.80. The summed E-state index contributed by atoms with van der Waals surface area (Å²) in [5, 5.41) is 4.16. The van der Waals surface area contributed by atoms with Gasteiger partial charge in [-0.3, -0.25) is 4.68 Å². The molecule has 0 N–H and O–H groups in total. The van der Waals surface area contributed by atoms with E-state index in [0.717, 1.165) is 23.6 Å². The van der Waals surface area contributed by atoms with Crippen LogP contribution in [0.25, 0.3) is 0 Å². The minimum absolute atomic E-state index is 0.0416. The molecule has 3 heterocycles. The summed E-state index contributed by atoms with van der Waals surface area (Å²) in [5.41, 5.74) is 2.52. The first-order valence-corrected chi connectivity index (χ1v) is 9.61. The van der Waals surface area contributed by atoms with Gasteiger partial charge >= 0.3 is 0 Å². The number of hydrogen-bond acceptors (Lipinski definition) is 5. The highest BCUT2D eigenvalue weighted by atomic mass is 32.2. The molecule has 1 atom stereocenters. The molecular weight excluding hydrogens is 326 g/mol. The van der Waals surface area contributed by atoms with Gasteiger partial charge in [-0.05, 0) is 40.2 Å². The summed E-state index contributed by atoms with van der Waals surface area (Å²) in [4.78, 5) is 9.28. The molecule has 3 rings (SSSR count). The Morgan fingerprint density at radius 3 is 2.46 bits per heavy atom. The summed E-state index contributed by atoms with van der Waals surface area (Å²) >= 11 is 0. The van der Waals surface area contributed by atoms with Gasteiger partial charge in [0.2, 0.25) is 10.0 Å². The molecule has 1 aliphatic heterocycles. The van der Waals surface area contributed by atoms with Gasteiger partial charge in [0, 0.05) is 36.9 Å². The Hall–Kier alpha value is -1.80. The summed E-state index contributed by atoms with van der Waals surface area (Å²) in [7, 11) is -3.53. The van der Waals surface area contributed by atoms with Crippen LogP contribution in [0.15, 0.2) is 17.2 Å². The molecule has 0 saturated carbocycles. The van der Waals surface area contributed by atoms with Gasteiger partial charge in [0.05, 0.1) is 11.9 Å². The molecule has 130 valence electrons. The predicted molar refractivity (Wildman–Crippen MR) is 90.3 cm³/mol. The van der Waals surface area contributed by atoms with Gasteiger partial charge in [-0.25, -0.2) is 18.4 Å². The maximum absolute atomic E-state index is 12.9. The molecule has 0 amide bonds. The molecule has 1 saturated heterocycles. The third kappa shape index (κ3) is 2.95. The molecule has 2 aromatic rings. The Morgan fingerprint density at radius 2 is 1.88 bits per heavy atom. The number of sulfonamides is 1. The lowest BCUT2D eigenvalue weighted by molar-refractivity contribution is 0.470. The van der Waals surface area contributed by atoms with Crippen LogP contribution in [0.5, 0.6) is 0 Å². The van der Waals surface area contributed by atoms with Gasteiger partial charge < -0.3 is 0 Å². The molecule has 1 aliphatic rings. The van der Waals surface area contributed by atoms with E-state index in [2.05, 4.69) is 15.1 Å². The van der Waals surface area contributed by atoms with Crippen LogP contribution in [0.2, 0.25) is 0 Å². The molecule has 0 bridgehead atoms. The van der Waals surface area contributed by atoms with Crippen LogP contribution in [0.4, 0.5) is 0 Å². The average molecular weight is 349 g/mol. The van der Waals surface area contributed by atoms with Crippen molar-refractivity contribution in [1.29, 1.82) is 0 Å². The Balaban J connectivity index is 1.85. The second-order valence-electron chi connectivity index (χ2n) is 6.27. The van der Waals surface area contributed by atoms with E-state index in [1.54, 1.807) is 11.6 Å². The van der Waals surface area contributed by atoms with E-state index in [1.165, 1.54) is 10.5 Å². The maximum atomic E-state index is 12.9. The highest BCUT2D eigenvalue weighted by Gasteiger charge is 2.36. The van der Waals surface area contributed by atoms with Gasteiger partial charge in [-0.1, -0.05) is 0 Å². The first-order valence-electron chi connectivity index (χ1n) is 8.17. The van der Waals surface area contributed by atoms with Crippen molar-refractivity contribution < 1.29 is 8.42 Å². The van der Waals surface area contributed by atoms with E-state index in [-0.39, 0.29) is 5.92 Å². The fraction of sp³-hybridized carbons (Fsp3) is 0.562. The van der Waals surface area contributed by atoms with E-state index in [4.69, 9.17) is 0 Å². The van der Waals surface area contributed by atoms with Crippen LogP contribution in [-0.4, -0.2) is 45.6 Å². The van der Waals surface area contributed by atoms with Crippen LogP contribution in [-0.2, 0) is 16.6 Å². The van der Waals surface area contributed by atoms with Gasteiger partial charge in [-0.15, -0.1) is 0 Å². The summed E-state index contributed by atoms with van der Waals surface area (Å²) in [5.74, 6) is 0.783. The molecule has 0 radical (unpaired) electrons. The first kappa shape index (κ1) is 17.0. The van der Waals surface area contributed by atoms with Crippen LogP contribution < -0.4 is 0 Å². The molecule has 0 aliphatic carbocycles. The number of hydrogen-bond donors (Lipinski definition) is 0. The lowest BCUT2D eigenvalue weighted by atomic mass is 10.1. The van der Waals surface area contributed by atoms with Crippen molar-refractivity contribution in [3.8, 4) is 0 Å². The van der Waals surface area contributed by atoms with Crippen molar-refractivity contribution in [2.24, 2.45) is 0 Å². The molecule has 2 aromatic heterocycles. The maximum Gasteiger partial charge on any atom is 0.246 e. The van der Waals surface area contributed by atoms with Crippen LogP contribution in [0.3, 0.4) is 0 Å². The second kappa shape index (κ2) is 6.25. The van der Waals surface area contributed by atoms with Crippen molar-refractivity contribution in [1.82, 2.24) is 24.1 Å². The number of nitrogens with zero attached hydrogens (tertiary/aromatic N) is 5. The topological polar surface area (TPSA) is 81.0 Å². The minimum Gasteiger partial charge on any atom is -0.269 e. The fourth-order valence-electron chi connectivity index (χ4n) is 3.23. The van der Waals surface area contributed by atoms with Gasteiger partial charge in [0.25, 0.3) is 0 Å². The SMILES string of the molecule is CCn1ncc(S(=O)(=O)N2CC[C@H](c3nc(C)cc(C)n3)C2)c1C. The first-order chi connectivity index (χ1) is 11.3. The molecule has 0 unspecified atom stereocenters. The van der Waals surface area contributed by atoms with E-state index in [9.17, 15) is 8.42 Å². The number of aromatic nitrogens is 4. The molecule has 0 aromatic carbocycles. The van der Waals surface area contributed by atoms with E-state index >= 15 is 0 Å². The lowest BCUT2D eigenvalue weighted by Gasteiger charge is -2.16. The third-order valence-corrected chi connectivity index (χ3v) is 6.46. The van der Waals surface area contributed by atoms with Gasteiger partial charge in [0.15, 0.2) is 0 Å². The Bertz CT molecular complexity index is 839. The molecule has 24 heavy (non-hydrogen) atoms. The van der Waals surface area contributed by atoms with E-state index < -0.39 is 10.0 Å². The van der Waals surface area contributed by atoms with Crippen molar-refractivity contribution in [3.63, 3.8) is 0 Å². The van der Waals surface area contributed by atoms with Crippen molar-refractivity contribution in [2.45, 2.75) is 51.5 Å². The molecule has 8 heteroatoms. The Morgan fingerprint density at radius 1 is 1.21 bits per heavy atom. The van der Waals surface area contributed by atoms with E-state index in [0.29, 0.717) is 30.2 Å². The normalized spacial score (nSPS) is 19.1. The second-order valence-corrected chi connectivity index (χ2v) is 8.17. The van der Waals surface area contributed by atoms with Crippen molar-refractivity contribution >= 4 is 10.0 Å². The highest BCUT2D eigenvalue weighted by molar-refractivity contribution is 7.89. The van der Waals surface area contributed by atoms with Gasteiger partial charge in [-0.2, -0.15) is 9.40 Å². The standard InChI is InChI=1S/C16H23N5O2S/c1-5-21-13(4)15(9-17-21)24(22,23)20-7-6-14(10-20)16-18-11(2)8-12(3)19-16/h8-9,14H,5-7,10H2,1-4H3/t14-/m0/s1. The van der Waals surface area contributed by atoms with Crippen LogP contribution in [0, 0.1) is 20.8 Å². The zero-order valence-electron chi connectivity index (χ0n) is 14.5. The van der Waals surface area contributed by atoms with Crippen molar-refractivity contribution in [3.05, 3.63) is 35.2 Å². The molecule has 0 spiro atoms. The lowest BCUT2D eigenvalue weighted by Crippen LogP contribution is -2.29. The molecule has 1 fully saturated rings. The smallest absolute Gasteiger partial charge is 0.246 e. The Labute approximate surface area is 142 Å². The highest BCUT2D eigenvalue weighted by Crippen LogP contribution is 2.30. The van der Waals surface area contributed by atoms with Crippen LogP contribution >= 0.6 is 0 Å². The molecular formula is C16H23N5O2S. The quantitative estimate of drug-likeness (QED) is 0.841. The average Bonchev–Trinajstić information content (AvgIpc) is 3.13. The monoisotopic (exact) mass is 349 g/mol. The minimum atomic E-state index is -3.53. The van der Waals surface area contributed by atoms with Crippen LogP contribution in [0.1, 0.15) is 42.2 Å². The fourth-order valence-corrected chi connectivity index (χ4v) is 4.89. The summed E-state index contributed by atoms with van der Waals surface area (Å²) in [6.45, 7) is 9.17. The Kier molecular flexibility index (Phi) is 4.44. The third-order valence-electron chi connectivity index (χ3n) is 4.49. The van der Waals surface area contributed by atoms with Crippen molar-refractivity contribution in [2.75, 3.05) is 13.1 Å². The zero-order valence-corrected chi connectivity index (χ0v) is 15.3. The van der Waals surface area contributed by atoms with Gasteiger partial charge in [0.1, 0.15) is 10.7 Å². The number of rotatable bonds is 4. The molecule has 7 nitrogen and oxygen atoms in total. The summed E-state index contributed by atoms with van der Waals surface area (Å²) < 4.78 is 29.1. The number of aryl methyl sites for hydroxylation is 3. The van der Waals surface area contributed by atoms with E-state index in [1.807, 2.05) is 26.8 Å². The summed E-state index contributed by atoms with van der Waals surface area (Å²) in [6, 6.07) is 1.93. The largest absolute Gasteiger partial charge is 0.269 e. The summed E-state index contributed by atoms with van der Waals surface area (Å²) in [6.07, 6.45) is 2.19.